The van der Waals surface area contributed by atoms with Crippen molar-refractivity contribution in [1.82, 2.24) is 0 Å². The average molecular weight is 432 g/mol. The van der Waals surface area contributed by atoms with Crippen LogP contribution in [-0.2, 0) is 39.0 Å². The molecule has 2 aromatic rings. The molecule has 1 fully saturated rings. The molecule has 7 heteroatoms. The van der Waals surface area contributed by atoms with Crippen molar-refractivity contribution in [3.63, 3.8) is 0 Å². The fourth-order valence-electron chi connectivity index (χ4n) is 3.01. The van der Waals surface area contributed by atoms with E-state index in [-0.39, 0.29) is 6.61 Å². The molecule has 3 rings (SSSR count). The third-order valence-electron chi connectivity index (χ3n) is 4.25. The number of hydrogen-bond donors (Lipinski definition) is 0. The van der Waals surface area contributed by atoms with Gasteiger partial charge in [0.25, 0.3) is 0 Å². The molecule has 5 atom stereocenters. The standard InChI is InChI=1S/C22H29O6S/c1-23-15-18-19(24-2)20(25-3)21(26-4)22(27-18)28-29(16-11-7-5-8-12-16)17-13-9-6-10-14-17/h5-14,18-22H,15H2,1-4H3/q+1/t18-,19-,20+,21+,22-/m1/s1/i5D,6D,7D,8D,9D,10D,11D,12D,13D,14D. The summed E-state index contributed by atoms with van der Waals surface area (Å²) < 4.78 is 117. The van der Waals surface area contributed by atoms with Gasteiger partial charge >= 0.3 is 0 Å². The summed E-state index contributed by atoms with van der Waals surface area (Å²) in [5.74, 6) is 0. The Morgan fingerprint density at radius 3 is 1.76 bits per heavy atom. The van der Waals surface area contributed by atoms with Gasteiger partial charge in [-0.2, -0.15) is 0 Å². The lowest BCUT2D eigenvalue weighted by Crippen LogP contribution is -2.61. The van der Waals surface area contributed by atoms with Crippen LogP contribution in [0.2, 0.25) is 0 Å². The van der Waals surface area contributed by atoms with Crippen molar-refractivity contribution >= 4 is 11.2 Å². The fraction of sp³-hybridized carbons (Fsp3) is 0.455. The van der Waals surface area contributed by atoms with Gasteiger partial charge in [-0.05, 0) is 24.2 Å². The fourth-order valence-corrected chi connectivity index (χ4v) is 4.33. The van der Waals surface area contributed by atoms with E-state index in [1.165, 1.54) is 28.4 Å². The maximum absolute atomic E-state index is 8.53. The molecule has 1 aliphatic rings. The largest absolute Gasteiger partial charge is 0.382 e. The second kappa shape index (κ2) is 11.1. The normalized spacial score (nSPS) is 32.1. The van der Waals surface area contributed by atoms with E-state index in [0.29, 0.717) is 0 Å². The molecule has 29 heavy (non-hydrogen) atoms. The molecule has 0 aromatic heterocycles. The molecule has 0 radical (unpaired) electrons. The molecule has 1 aliphatic heterocycles. The third kappa shape index (κ3) is 5.19. The molecular formula is C22H29O6S+. The summed E-state index contributed by atoms with van der Waals surface area (Å²) in [7, 11) is 5.66. The Morgan fingerprint density at radius 2 is 1.31 bits per heavy atom. The lowest BCUT2D eigenvalue weighted by Gasteiger charge is -2.43. The van der Waals surface area contributed by atoms with E-state index in [2.05, 4.69) is 0 Å². The van der Waals surface area contributed by atoms with E-state index in [4.69, 9.17) is 41.6 Å². The first-order valence-electron chi connectivity index (χ1n) is 13.7. The molecule has 2 aromatic carbocycles. The van der Waals surface area contributed by atoms with Crippen molar-refractivity contribution in [2.45, 2.75) is 40.5 Å². The lowest BCUT2D eigenvalue weighted by atomic mass is 9.98. The Balaban J connectivity index is 2.31. The van der Waals surface area contributed by atoms with Crippen molar-refractivity contribution < 1.29 is 41.6 Å². The van der Waals surface area contributed by atoms with E-state index < -0.39 is 112 Å². The quantitative estimate of drug-likeness (QED) is 0.569. The summed E-state index contributed by atoms with van der Waals surface area (Å²) in [6.45, 7) is 0.0335. The van der Waals surface area contributed by atoms with Crippen LogP contribution in [0.25, 0.3) is 0 Å². The van der Waals surface area contributed by atoms with E-state index in [1.807, 2.05) is 0 Å². The van der Waals surface area contributed by atoms with Gasteiger partial charge in [0.1, 0.15) is 24.4 Å². The first-order valence-corrected chi connectivity index (χ1v) is 9.80. The summed E-state index contributed by atoms with van der Waals surface area (Å²) in [5.41, 5.74) is 0. The zero-order valence-corrected chi connectivity index (χ0v) is 17.3. The highest BCUT2D eigenvalue weighted by molar-refractivity contribution is 7.92. The van der Waals surface area contributed by atoms with Crippen molar-refractivity contribution in [3.05, 3.63) is 60.4 Å². The lowest BCUT2D eigenvalue weighted by molar-refractivity contribution is -0.290. The van der Waals surface area contributed by atoms with Gasteiger partial charge in [-0.3, -0.25) is 0 Å². The molecule has 6 nitrogen and oxygen atoms in total. The van der Waals surface area contributed by atoms with Gasteiger partial charge < -0.3 is 23.7 Å². The van der Waals surface area contributed by atoms with Gasteiger partial charge in [-0.15, -0.1) is 4.18 Å². The smallest absolute Gasteiger partial charge is 0.243 e. The minimum absolute atomic E-state index is 0.0335. The third-order valence-corrected chi connectivity index (χ3v) is 5.79. The molecule has 1 heterocycles. The predicted octanol–water partition coefficient (Wildman–Crippen LogP) is 3.07. The molecule has 0 unspecified atom stereocenters. The minimum atomic E-state index is -2.16. The highest BCUT2D eigenvalue weighted by Crippen LogP contribution is 2.33. The highest BCUT2D eigenvalue weighted by atomic mass is 32.2. The van der Waals surface area contributed by atoms with E-state index in [0.717, 1.165) is 0 Å². The molecule has 0 aliphatic carbocycles. The monoisotopic (exact) mass is 431 g/mol. The van der Waals surface area contributed by atoms with Crippen LogP contribution >= 0.6 is 0 Å². The molecular weight excluding hydrogens is 392 g/mol. The van der Waals surface area contributed by atoms with Crippen molar-refractivity contribution in [3.8, 4) is 0 Å². The second-order valence-electron chi connectivity index (χ2n) is 5.87. The van der Waals surface area contributed by atoms with Crippen LogP contribution in [0.1, 0.15) is 13.7 Å². The predicted molar refractivity (Wildman–Crippen MR) is 111 cm³/mol. The summed E-state index contributed by atoms with van der Waals surface area (Å²) >= 11 is -2.16. The Bertz CT molecular complexity index is 1090. The van der Waals surface area contributed by atoms with Gasteiger partial charge in [0.2, 0.25) is 17.5 Å². The molecule has 0 saturated carbocycles. The number of hydrogen-bond acceptors (Lipinski definition) is 6. The molecule has 0 spiro atoms. The van der Waals surface area contributed by atoms with Crippen LogP contribution in [0.3, 0.4) is 0 Å². The minimum Gasteiger partial charge on any atom is -0.382 e. The van der Waals surface area contributed by atoms with Crippen LogP contribution in [0.4, 0.5) is 0 Å². The first-order chi connectivity index (χ1) is 18.4. The molecule has 158 valence electrons. The maximum Gasteiger partial charge on any atom is 0.243 e. The van der Waals surface area contributed by atoms with Crippen molar-refractivity contribution in [2.75, 3.05) is 35.0 Å². The van der Waals surface area contributed by atoms with Crippen LogP contribution in [0.5, 0.6) is 0 Å². The highest BCUT2D eigenvalue weighted by Gasteiger charge is 2.51. The van der Waals surface area contributed by atoms with Gasteiger partial charge in [-0.25, -0.2) is 0 Å². The number of benzene rings is 2. The summed E-state index contributed by atoms with van der Waals surface area (Å²) in [6, 6.07) is -6.69. The van der Waals surface area contributed by atoms with Gasteiger partial charge in [0.05, 0.1) is 20.3 Å². The van der Waals surface area contributed by atoms with Gasteiger partial charge in [0.15, 0.2) is 9.79 Å². The SMILES string of the molecule is [2H]c1c([2H])c([2H])c([S+](O[C@H]2O[C@H](COC)[C@@H](OC)[C@H](OC)[C@@H]2OC)c2c([2H])c([2H])c([2H])c([2H])c2[2H])c([2H])c1[2H]. The molecule has 0 bridgehead atoms. The van der Waals surface area contributed by atoms with Crippen LogP contribution < -0.4 is 0 Å². The van der Waals surface area contributed by atoms with Crippen LogP contribution in [-0.4, -0.2) is 65.8 Å². The van der Waals surface area contributed by atoms with E-state index >= 15 is 0 Å². The molecule has 1 saturated heterocycles. The van der Waals surface area contributed by atoms with Gasteiger partial charge in [-0.1, -0.05) is 36.3 Å². The topological polar surface area (TPSA) is 55.4 Å². The zero-order valence-electron chi connectivity index (χ0n) is 26.5. The van der Waals surface area contributed by atoms with E-state index in [9.17, 15) is 0 Å². The Labute approximate surface area is 189 Å². The van der Waals surface area contributed by atoms with Crippen LogP contribution in [0, 0.1) is 0 Å². The van der Waals surface area contributed by atoms with Crippen LogP contribution in [0.15, 0.2) is 70.2 Å². The molecule has 0 amide bonds. The van der Waals surface area contributed by atoms with Crippen molar-refractivity contribution in [2.24, 2.45) is 0 Å². The average Bonchev–Trinajstić information content (AvgIpc) is 2.92. The second-order valence-corrected chi connectivity index (χ2v) is 7.42. The first kappa shape index (κ1) is 12.4. The Kier molecular flexibility index (Phi) is 4.74. The number of rotatable bonds is 9. The number of methoxy groups -OCH3 is 4. The van der Waals surface area contributed by atoms with E-state index in [1.54, 1.807) is 0 Å². The summed E-state index contributed by atoms with van der Waals surface area (Å²) in [6.07, 6.45) is -4.61. The molecule has 0 N–H and O–H groups in total. The maximum atomic E-state index is 8.53. The summed E-state index contributed by atoms with van der Waals surface area (Å²) in [5, 5.41) is 0. The zero-order chi connectivity index (χ0) is 29.3. The summed E-state index contributed by atoms with van der Waals surface area (Å²) in [4.78, 5) is -0.826. The number of ether oxygens (including phenoxy) is 5. The van der Waals surface area contributed by atoms with Crippen molar-refractivity contribution in [1.29, 1.82) is 0 Å². The van der Waals surface area contributed by atoms with Gasteiger partial charge in [0, 0.05) is 28.4 Å². The Morgan fingerprint density at radius 1 is 0.793 bits per heavy atom. The Hall–Kier alpha value is -1.45.